The smallest absolute Gasteiger partial charge is 0.0132 e. The van der Waals surface area contributed by atoms with Crippen molar-refractivity contribution in [2.24, 2.45) is 5.41 Å². The summed E-state index contributed by atoms with van der Waals surface area (Å²) < 4.78 is 0. The van der Waals surface area contributed by atoms with Gasteiger partial charge in [-0.1, -0.05) is 51.2 Å². The molecule has 0 amide bonds. The Morgan fingerprint density at radius 1 is 1.25 bits per heavy atom. The molecule has 0 bridgehead atoms. The summed E-state index contributed by atoms with van der Waals surface area (Å²) in [5.41, 5.74) is 3.02. The summed E-state index contributed by atoms with van der Waals surface area (Å²) >= 11 is 0. The van der Waals surface area contributed by atoms with E-state index in [-0.39, 0.29) is 5.41 Å². The highest BCUT2D eigenvalue weighted by molar-refractivity contribution is 5.30. The third kappa shape index (κ3) is 2.37. The van der Waals surface area contributed by atoms with Crippen LogP contribution in [0.1, 0.15) is 33.6 Å². The molecule has 1 aliphatic rings. The normalized spacial score (nSPS) is 18.9. The minimum atomic E-state index is 0.279. The van der Waals surface area contributed by atoms with Gasteiger partial charge in [-0.15, -0.1) is 0 Å². The molecule has 0 heteroatoms. The van der Waals surface area contributed by atoms with Gasteiger partial charge in [0.2, 0.25) is 0 Å². The zero-order chi connectivity index (χ0) is 9.19. The SMILES string of the molecule is C=C1CC=CC(C(C)(C)C)=CC1. The van der Waals surface area contributed by atoms with Crippen molar-refractivity contribution < 1.29 is 0 Å². The number of hydrogen-bond donors (Lipinski definition) is 0. The summed E-state index contributed by atoms with van der Waals surface area (Å²) in [6.45, 7) is 10.7. The molecule has 0 nitrogen and oxygen atoms in total. The van der Waals surface area contributed by atoms with Crippen molar-refractivity contribution in [3.05, 3.63) is 36.0 Å². The van der Waals surface area contributed by atoms with Crippen LogP contribution in [0.25, 0.3) is 0 Å². The maximum atomic E-state index is 3.99. The van der Waals surface area contributed by atoms with E-state index < -0.39 is 0 Å². The van der Waals surface area contributed by atoms with Gasteiger partial charge in [0.15, 0.2) is 0 Å². The largest absolute Gasteiger partial charge is 0.0992 e. The monoisotopic (exact) mass is 162 g/mol. The molecule has 0 radical (unpaired) electrons. The summed E-state index contributed by atoms with van der Waals surface area (Å²) in [7, 11) is 0. The van der Waals surface area contributed by atoms with Crippen molar-refractivity contribution >= 4 is 0 Å². The Morgan fingerprint density at radius 3 is 2.50 bits per heavy atom. The minimum Gasteiger partial charge on any atom is -0.0992 e. The summed E-state index contributed by atoms with van der Waals surface area (Å²) in [5, 5.41) is 0. The molecule has 0 saturated carbocycles. The Morgan fingerprint density at radius 2 is 1.92 bits per heavy atom. The van der Waals surface area contributed by atoms with Gasteiger partial charge in [0.25, 0.3) is 0 Å². The fraction of sp³-hybridized carbons (Fsp3) is 0.500. The van der Waals surface area contributed by atoms with E-state index in [1.807, 2.05) is 0 Å². The van der Waals surface area contributed by atoms with E-state index in [2.05, 4.69) is 45.6 Å². The molecule has 0 atom stereocenters. The Labute approximate surface area is 75.7 Å². The molecule has 1 rings (SSSR count). The first-order valence-electron chi connectivity index (χ1n) is 4.54. The van der Waals surface area contributed by atoms with Crippen LogP contribution >= 0.6 is 0 Å². The predicted molar refractivity (Wildman–Crippen MR) is 55.1 cm³/mol. The molecule has 0 unspecified atom stereocenters. The molecule has 0 saturated heterocycles. The topological polar surface area (TPSA) is 0 Å². The summed E-state index contributed by atoms with van der Waals surface area (Å²) in [6.07, 6.45) is 8.83. The van der Waals surface area contributed by atoms with Crippen molar-refractivity contribution in [1.29, 1.82) is 0 Å². The molecule has 0 aromatic carbocycles. The van der Waals surface area contributed by atoms with Crippen LogP contribution in [0.5, 0.6) is 0 Å². The quantitative estimate of drug-likeness (QED) is 0.474. The van der Waals surface area contributed by atoms with Gasteiger partial charge in [-0.25, -0.2) is 0 Å². The number of hydrogen-bond acceptors (Lipinski definition) is 0. The third-order valence-corrected chi connectivity index (χ3v) is 2.18. The molecule has 1 aliphatic carbocycles. The van der Waals surface area contributed by atoms with Crippen LogP contribution in [0, 0.1) is 5.41 Å². The van der Waals surface area contributed by atoms with E-state index in [4.69, 9.17) is 0 Å². The maximum Gasteiger partial charge on any atom is -0.0132 e. The summed E-state index contributed by atoms with van der Waals surface area (Å²) in [4.78, 5) is 0. The number of allylic oxidation sites excluding steroid dienone is 5. The molecule has 0 aromatic heterocycles. The average Bonchev–Trinajstić information content (AvgIpc) is 2.11. The second kappa shape index (κ2) is 3.30. The van der Waals surface area contributed by atoms with E-state index in [1.54, 1.807) is 0 Å². The van der Waals surface area contributed by atoms with E-state index in [0.717, 1.165) is 12.8 Å². The van der Waals surface area contributed by atoms with Crippen molar-refractivity contribution in [3.63, 3.8) is 0 Å². The van der Waals surface area contributed by atoms with E-state index in [0.29, 0.717) is 0 Å². The fourth-order valence-electron chi connectivity index (χ4n) is 1.31. The molecule has 0 N–H and O–H groups in total. The van der Waals surface area contributed by atoms with Crippen molar-refractivity contribution in [1.82, 2.24) is 0 Å². The highest BCUT2D eigenvalue weighted by Gasteiger charge is 2.14. The van der Waals surface area contributed by atoms with Crippen LogP contribution in [0.2, 0.25) is 0 Å². The van der Waals surface area contributed by atoms with Crippen LogP contribution in [0.15, 0.2) is 36.0 Å². The van der Waals surface area contributed by atoms with Gasteiger partial charge < -0.3 is 0 Å². The number of rotatable bonds is 0. The molecular formula is C12H18. The van der Waals surface area contributed by atoms with Crippen molar-refractivity contribution in [2.75, 3.05) is 0 Å². The lowest BCUT2D eigenvalue weighted by Crippen LogP contribution is -2.06. The van der Waals surface area contributed by atoms with Gasteiger partial charge >= 0.3 is 0 Å². The Kier molecular flexibility index (Phi) is 2.56. The second-order valence-corrected chi connectivity index (χ2v) is 4.47. The lowest BCUT2D eigenvalue weighted by Gasteiger charge is -2.19. The molecule has 0 fully saturated rings. The zero-order valence-corrected chi connectivity index (χ0v) is 8.35. The standard InChI is InChI=1S/C12H18/c1-10-6-5-7-11(9-8-10)12(2,3)4/h5,7,9H,1,6,8H2,2-4H3. The van der Waals surface area contributed by atoms with Gasteiger partial charge in [-0.2, -0.15) is 0 Å². The van der Waals surface area contributed by atoms with Gasteiger partial charge in [0.05, 0.1) is 0 Å². The molecule has 0 aliphatic heterocycles. The van der Waals surface area contributed by atoms with Gasteiger partial charge in [-0.3, -0.25) is 0 Å². The van der Waals surface area contributed by atoms with Crippen LogP contribution in [0.4, 0.5) is 0 Å². The Balaban J connectivity index is 2.84. The lowest BCUT2D eigenvalue weighted by atomic mass is 9.86. The molecule has 0 heterocycles. The first-order valence-corrected chi connectivity index (χ1v) is 4.54. The van der Waals surface area contributed by atoms with Gasteiger partial charge in [-0.05, 0) is 23.8 Å². The fourth-order valence-corrected chi connectivity index (χ4v) is 1.31. The molecule has 12 heavy (non-hydrogen) atoms. The highest BCUT2D eigenvalue weighted by atomic mass is 14.2. The first-order chi connectivity index (χ1) is 5.50. The Bertz CT molecular complexity index is 233. The van der Waals surface area contributed by atoms with E-state index in [9.17, 15) is 0 Å². The van der Waals surface area contributed by atoms with Crippen molar-refractivity contribution in [2.45, 2.75) is 33.6 Å². The Hall–Kier alpha value is -0.780. The summed E-state index contributed by atoms with van der Waals surface area (Å²) in [5.74, 6) is 0. The van der Waals surface area contributed by atoms with Gasteiger partial charge in [0, 0.05) is 0 Å². The maximum absolute atomic E-state index is 3.99. The molecule has 66 valence electrons. The molecule has 0 aromatic rings. The predicted octanol–water partition coefficient (Wildman–Crippen LogP) is 3.87. The van der Waals surface area contributed by atoms with Crippen LogP contribution in [-0.2, 0) is 0 Å². The molecule has 0 spiro atoms. The lowest BCUT2D eigenvalue weighted by molar-refractivity contribution is 0.515. The first kappa shape index (κ1) is 9.31. The van der Waals surface area contributed by atoms with E-state index >= 15 is 0 Å². The average molecular weight is 162 g/mol. The summed E-state index contributed by atoms with van der Waals surface area (Å²) in [6, 6.07) is 0. The van der Waals surface area contributed by atoms with Crippen LogP contribution in [0.3, 0.4) is 0 Å². The third-order valence-electron chi connectivity index (χ3n) is 2.18. The minimum absolute atomic E-state index is 0.279. The van der Waals surface area contributed by atoms with Crippen LogP contribution < -0.4 is 0 Å². The second-order valence-electron chi connectivity index (χ2n) is 4.47. The molecular weight excluding hydrogens is 144 g/mol. The highest BCUT2D eigenvalue weighted by Crippen LogP contribution is 2.29. The zero-order valence-electron chi connectivity index (χ0n) is 8.35. The van der Waals surface area contributed by atoms with Gasteiger partial charge in [0.1, 0.15) is 0 Å². The van der Waals surface area contributed by atoms with E-state index in [1.165, 1.54) is 11.1 Å². The van der Waals surface area contributed by atoms with Crippen LogP contribution in [-0.4, -0.2) is 0 Å². The van der Waals surface area contributed by atoms with Crippen molar-refractivity contribution in [3.8, 4) is 0 Å².